The molecule has 1 fully saturated rings. The van der Waals surface area contributed by atoms with E-state index in [2.05, 4.69) is 54.0 Å². The molecule has 0 bridgehead atoms. The summed E-state index contributed by atoms with van der Waals surface area (Å²) < 4.78 is 13.1. The van der Waals surface area contributed by atoms with E-state index in [1.165, 1.54) is 29.3 Å². The van der Waals surface area contributed by atoms with Crippen LogP contribution in [-0.2, 0) is 22.3 Å². The van der Waals surface area contributed by atoms with Gasteiger partial charge in [0.1, 0.15) is 5.60 Å². The van der Waals surface area contributed by atoms with Crippen molar-refractivity contribution in [1.29, 1.82) is 0 Å². The number of rotatable bonds is 3. The normalized spacial score (nSPS) is 18.1. The Kier molecular flexibility index (Phi) is 6.18. The fraction of sp³-hybridized carbons (Fsp3) is 0.448. The second-order valence-electron chi connectivity index (χ2n) is 10.9. The van der Waals surface area contributed by atoms with E-state index in [9.17, 15) is 9.59 Å². The van der Waals surface area contributed by atoms with Crippen molar-refractivity contribution in [3.63, 3.8) is 0 Å². The van der Waals surface area contributed by atoms with Gasteiger partial charge in [-0.2, -0.15) is 0 Å². The van der Waals surface area contributed by atoms with Gasteiger partial charge >= 0.3 is 12.2 Å². The maximum absolute atomic E-state index is 12.6. The van der Waals surface area contributed by atoms with E-state index in [4.69, 9.17) is 9.47 Å². The Hall–Kier alpha value is -3.48. The van der Waals surface area contributed by atoms with Crippen LogP contribution in [0.25, 0.3) is 10.9 Å². The van der Waals surface area contributed by atoms with Crippen LogP contribution in [-0.4, -0.2) is 53.5 Å². The summed E-state index contributed by atoms with van der Waals surface area (Å²) in [5.41, 5.74) is 5.20. The number of anilines is 1. The summed E-state index contributed by atoms with van der Waals surface area (Å²) in [5.74, 6) is 0. The summed E-state index contributed by atoms with van der Waals surface area (Å²) in [4.78, 5) is 28.7. The quantitative estimate of drug-likeness (QED) is 0.457. The lowest BCUT2D eigenvalue weighted by Gasteiger charge is -2.41. The first-order valence-electron chi connectivity index (χ1n) is 12.7. The smallest absolute Gasteiger partial charge is 0.414 e. The summed E-state index contributed by atoms with van der Waals surface area (Å²) in [6.07, 6.45) is 2.00. The molecule has 3 heterocycles. The van der Waals surface area contributed by atoms with Gasteiger partial charge in [-0.3, -0.25) is 4.90 Å². The van der Waals surface area contributed by atoms with E-state index < -0.39 is 5.60 Å². The fourth-order valence-electron chi connectivity index (χ4n) is 5.45. The van der Waals surface area contributed by atoms with Crippen molar-refractivity contribution in [3.8, 4) is 0 Å². The highest BCUT2D eigenvalue weighted by Crippen LogP contribution is 2.40. The highest BCUT2D eigenvalue weighted by molar-refractivity contribution is 5.97. The molecule has 0 aliphatic carbocycles. The minimum absolute atomic E-state index is 0.0855. The Morgan fingerprint density at radius 2 is 1.75 bits per heavy atom. The highest BCUT2D eigenvalue weighted by Gasteiger charge is 2.37. The Bertz CT molecular complexity index is 1290. The number of hydrogen-bond donors (Lipinski definition) is 0. The summed E-state index contributed by atoms with van der Waals surface area (Å²) >= 11 is 0. The van der Waals surface area contributed by atoms with Gasteiger partial charge in [0, 0.05) is 42.1 Å². The van der Waals surface area contributed by atoms with Crippen LogP contribution in [0.15, 0.2) is 48.5 Å². The average Bonchev–Trinajstić information content (AvgIpc) is 3.15. The molecule has 2 aromatic carbocycles. The molecular weight excluding hydrogens is 454 g/mol. The molecule has 2 amide bonds. The number of amides is 2. The monoisotopic (exact) mass is 489 g/mol. The van der Waals surface area contributed by atoms with Gasteiger partial charge in [0.25, 0.3) is 0 Å². The first-order chi connectivity index (χ1) is 17.2. The van der Waals surface area contributed by atoms with Crippen LogP contribution in [0.2, 0.25) is 0 Å². The number of ether oxygens (including phenoxy) is 2. The molecule has 2 aliphatic heterocycles. The van der Waals surface area contributed by atoms with E-state index in [-0.39, 0.29) is 24.3 Å². The number of carbonyl (C=O) groups is 2. The molecule has 3 aromatic rings. The number of nitrogens with zero attached hydrogens (tertiary/aromatic N) is 3. The number of hydrogen-bond acceptors (Lipinski definition) is 4. The molecule has 7 nitrogen and oxygen atoms in total. The Labute approximate surface area is 212 Å². The zero-order valence-electron chi connectivity index (χ0n) is 21.8. The maximum atomic E-state index is 12.6. The van der Waals surface area contributed by atoms with Crippen LogP contribution in [0, 0.1) is 0 Å². The number of carbonyl (C=O) groups excluding carboxylic acids is 2. The molecule has 1 saturated heterocycles. The average molecular weight is 490 g/mol. The summed E-state index contributed by atoms with van der Waals surface area (Å²) in [6, 6.07) is 17.2. The standard InChI is InChI=1S/C29H35N3O4/c1-19-11-12-23-24-16-21(15-20-9-7-6-8-10-20)32(22-17-30(18-22)27(33)36-29(2,3)4)26(24)14-13-25(23)31(19)28(34)35-5/h6-10,13-14,16,19,22H,11-12,15,17-18H2,1-5H3/t19-/m0/s1. The molecule has 0 spiro atoms. The zero-order valence-corrected chi connectivity index (χ0v) is 21.8. The lowest BCUT2D eigenvalue weighted by Crippen LogP contribution is -2.52. The number of likely N-dealkylation sites (tertiary alicyclic amines) is 1. The van der Waals surface area contributed by atoms with E-state index in [1.54, 1.807) is 9.80 Å². The van der Waals surface area contributed by atoms with Gasteiger partial charge < -0.3 is 18.9 Å². The van der Waals surface area contributed by atoms with Crippen LogP contribution in [0.1, 0.15) is 57.0 Å². The molecule has 1 atom stereocenters. The van der Waals surface area contributed by atoms with Crippen LogP contribution >= 0.6 is 0 Å². The van der Waals surface area contributed by atoms with Crippen LogP contribution in [0.5, 0.6) is 0 Å². The van der Waals surface area contributed by atoms with Crippen molar-refractivity contribution in [1.82, 2.24) is 9.47 Å². The van der Waals surface area contributed by atoms with E-state index >= 15 is 0 Å². The molecule has 7 heteroatoms. The SMILES string of the molecule is COC(=O)N1c2ccc3c(cc(Cc4ccccc4)n3C3CN(C(=O)OC(C)(C)C)C3)c2CC[C@@H]1C. The number of benzene rings is 2. The van der Waals surface area contributed by atoms with Crippen molar-refractivity contribution < 1.29 is 19.1 Å². The van der Waals surface area contributed by atoms with Gasteiger partial charge in [-0.15, -0.1) is 0 Å². The molecule has 190 valence electrons. The van der Waals surface area contributed by atoms with Crippen LogP contribution in [0.3, 0.4) is 0 Å². The van der Waals surface area contributed by atoms with Gasteiger partial charge in [-0.05, 0) is 69.9 Å². The topological polar surface area (TPSA) is 64.0 Å². The third-order valence-corrected chi connectivity index (χ3v) is 7.18. The third kappa shape index (κ3) is 4.43. The summed E-state index contributed by atoms with van der Waals surface area (Å²) in [6.45, 7) is 8.96. The van der Waals surface area contributed by atoms with Crippen molar-refractivity contribution in [2.75, 3.05) is 25.1 Å². The van der Waals surface area contributed by atoms with Crippen LogP contribution in [0.4, 0.5) is 15.3 Å². The second-order valence-corrected chi connectivity index (χ2v) is 10.9. The summed E-state index contributed by atoms with van der Waals surface area (Å²) in [7, 11) is 1.43. The third-order valence-electron chi connectivity index (χ3n) is 7.18. The highest BCUT2D eigenvalue weighted by atomic mass is 16.6. The second kappa shape index (κ2) is 9.19. The predicted molar refractivity (Wildman–Crippen MR) is 141 cm³/mol. The molecule has 0 radical (unpaired) electrons. The lowest BCUT2D eigenvalue weighted by atomic mass is 9.94. The number of aromatic nitrogens is 1. The largest absolute Gasteiger partial charge is 0.452 e. The molecule has 0 N–H and O–H groups in total. The Balaban J connectivity index is 1.54. The molecular formula is C29H35N3O4. The predicted octanol–water partition coefficient (Wildman–Crippen LogP) is 5.93. The molecule has 0 unspecified atom stereocenters. The maximum Gasteiger partial charge on any atom is 0.414 e. The minimum atomic E-state index is -0.511. The van der Waals surface area contributed by atoms with Crippen molar-refractivity contribution in [3.05, 3.63) is 65.4 Å². The first-order valence-corrected chi connectivity index (χ1v) is 12.7. The van der Waals surface area contributed by atoms with Crippen LogP contribution < -0.4 is 4.90 Å². The molecule has 1 aromatic heterocycles. The van der Waals surface area contributed by atoms with E-state index in [0.717, 1.165) is 30.5 Å². The van der Waals surface area contributed by atoms with Crippen molar-refractivity contribution >= 4 is 28.8 Å². The summed E-state index contributed by atoms with van der Waals surface area (Å²) in [5, 5.41) is 1.18. The number of fused-ring (bicyclic) bond motifs is 3. The lowest BCUT2D eigenvalue weighted by molar-refractivity contribution is 0.00131. The van der Waals surface area contributed by atoms with Gasteiger partial charge in [0.05, 0.1) is 18.8 Å². The molecule has 5 rings (SSSR count). The molecule has 0 saturated carbocycles. The molecule has 2 aliphatic rings. The van der Waals surface area contributed by atoms with Crippen molar-refractivity contribution in [2.45, 2.75) is 64.6 Å². The minimum Gasteiger partial charge on any atom is -0.452 e. The Morgan fingerprint density at radius 1 is 1.03 bits per heavy atom. The van der Waals surface area contributed by atoms with Gasteiger partial charge in [-0.1, -0.05) is 30.3 Å². The van der Waals surface area contributed by atoms with E-state index in [0.29, 0.717) is 13.1 Å². The van der Waals surface area contributed by atoms with Crippen molar-refractivity contribution in [2.24, 2.45) is 0 Å². The first kappa shape index (κ1) is 24.2. The van der Waals surface area contributed by atoms with Gasteiger partial charge in [-0.25, -0.2) is 9.59 Å². The van der Waals surface area contributed by atoms with Gasteiger partial charge in [0.15, 0.2) is 0 Å². The molecule has 36 heavy (non-hydrogen) atoms. The Morgan fingerprint density at radius 3 is 2.42 bits per heavy atom. The van der Waals surface area contributed by atoms with Gasteiger partial charge in [0.2, 0.25) is 0 Å². The number of methoxy groups -OCH3 is 1. The zero-order chi connectivity index (χ0) is 25.6. The number of aryl methyl sites for hydroxylation is 1. The fourth-order valence-corrected chi connectivity index (χ4v) is 5.45. The van der Waals surface area contributed by atoms with E-state index in [1.807, 2.05) is 26.8 Å².